The third-order valence-electron chi connectivity index (χ3n) is 7.92. The van der Waals surface area contributed by atoms with Crippen LogP contribution in [0.3, 0.4) is 0 Å². The zero-order chi connectivity index (χ0) is 31.0. The minimum atomic E-state index is -1.11. The number of carbonyl (C=O) groups excluding carboxylic acids is 1. The maximum atomic E-state index is 12.8. The molecule has 1 aromatic heterocycles. The lowest BCUT2D eigenvalue weighted by Gasteiger charge is -2.30. The summed E-state index contributed by atoms with van der Waals surface area (Å²) in [5.74, 6) is 1.63. The maximum absolute atomic E-state index is 12.8. The van der Waals surface area contributed by atoms with Crippen LogP contribution in [0, 0.1) is 13.8 Å². The fourth-order valence-electron chi connectivity index (χ4n) is 5.49. The summed E-state index contributed by atoms with van der Waals surface area (Å²) < 4.78 is 14.6. The van der Waals surface area contributed by atoms with Crippen LogP contribution in [0.4, 0.5) is 0 Å². The van der Waals surface area contributed by atoms with Crippen molar-refractivity contribution in [3.05, 3.63) is 75.2 Å². The van der Waals surface area contributed by atoms with Gasteiger partial charge in [-0.2, -0.15) is 0 Å². The molecule has 226 valence electrons. The van der Waals surface area contributed by atoms with E-state index in [2.05, 4.69) is 5.32 Å². The molecule has 3 aromatic rings. The lowest BCUT2D eigenvalue weighted by Crippen LogP contribution is -2.38. The normalized spacial score (nSPS) is 17.6. The van der Waals surface area contributed by atoms with Crippen molar-refractivity contribution >= 4 is 5.91 Å². The fraction of sp³-hybridized carbons (Fsp3) is 0.471. The molecule has 1 aliphatic rings. The monoisotopic (exact) mass is 576 g/mol. The molecule has 0 radical (unpaired) electrons. The van der Waals surface area contributed by atoms with Gasteiger partial charge in [0.05, 0.1) is 17.3 Å². The molecule has 1 saturated carbocycles. The van der Waals surface area contributed by atoms with Gasteiger partial charge >= 0.3 is 0 Å². The molecule has 1 aliphatic carbocycles. The van der Waals surface area contributed by atoms with Crippen LogP contribution in [0.1, 0.15) is 82.6 Å². The quantitative estimate of drug-likeness (QED) is 0.315. The summed E-state index contributed by atoms with van der Waals surface area (Å²) in [6.07, 6.45) is 4.73. The largest absolute Gasteiger partial charge is 0.490 e. The van der Waals surface area contributed by atoms with Crippen LogP contribution in [-0.4, -0.2) is 32.8 Å². The summed E-state index contributed by atoms with van der Waals surface area (Å²) in [6, 6.07) is 11.0. The van der Waals surface area contributed by atoms with Gasteiger partial charge in [-0.1, -0.05) is 6.07 Å². The number of pyridine rings is 1. The first-order valence-corrected chi connectivity index (χ1v) is 14.6. The summed E-state index contributed by atoms with van der Waals surface area (Å²) in [5.41, 5.74) is 2.28. The summed E-state index contributed by atoms with van der Waals surface area (Å²) in [6.45, 7) is 12.4. The van der Waals surface area contributed by atoms with Crippen molar-refractivity contribution in [2.45, 2.75) is 97.5 Å². The van der Waals surface area contributed by atoms with Gasteiger partial charge in [0, 0.05) is 43.4 Å². The average Bonchev–Trinajstić information content (AvgIpc) is 2.88. The molecule has 0 saturated heterocycles. The second kappa shape index (κ2) is 11.9. The van der Waals surface area contributed by atoms with Gasteiger partial charge in [-0.15, -0.1) is 0 Å². The van der Waals surface area contributed by atoms with E-state index in [1.165, 1.54) is 17.6 Å². The van der Waals surface area contributed by atoms with Crippen LogP contribution in [0.2, 0.25) is 0 Å². The number of hydrogen-bond acceptors (Lipinski definition) is 6. The van der Waals surface area contributed by atoms with Crippen LogP contribution in [0.5, 0.6) is 17.2 Å². The molecule has 3 N–H and O–H groups in total. The van der Waals surface area contributed by atoms with E-state index in [0.717, 1.165) is 42.4 Å². The third-order valence-corrected chi connectivity index (χ3v) is 7.92. The van der Waals surface area contributed by atoms with Crippen LogP contribution in [-0.2, 0) is 23.0 Å². The Balaban J connectivity index is 1.78. The molecule has 0 spiro atoms. The minimum absolute atomic E-state index is 0.0346. The van der Waals surface area contributed by atoms with E-state index < -0.39 is 11.2 Å². The molecule has 2 aromatic carbocycles. The second-order valence-electron chi connectivity index (χ2n) is 12.7. The van der Waals surface area contributed by atoms with E-state index in [9.17, 15) is 19.8 Å². The number of benzene rings is 2. The van der Waals surface area contributed by atoms with Crippen molar-refractivity contribution in [1.29, 1.82) is 0 Å². The number of ether oxygens (including phenoxy) is 2. The first kappa shape index (κ1) is 31.3. The van der Waals surface area contributed by atoms with Crippen LogP contribution in [0.15, 0.2) is 47.4 Å². The fourth-order valence-corrected chi connectivity index (χ4v) is 5.49. The number of aliphatic hydroxyl groups is 2. The molecule has 8 heteroatoms. The van der Waals surface area contributed by atoms with Crippen LogP contribution in [0.25, 0.3) is 11.1 Å². The Kier molecular flexibility index (Phi) is 8.90. The third kappa shape index (κ3) is 7.23. The van der Waals surface area contributed by atoms with Gasteiger partial charge < -0.3 is 29.6 Å². The van der Waals surface area contributed by atoms with Crippen molar-refractivity contribution in [2.75, 3.05) is 0 Å². The SMILES string of the molecule is CC(=O)NC1CCC(Oc2cc(=O)n(C)cc2-c2cc(C(C)(C)O)ccc2Oc2c(C)cc(C(C)(C)O)cc2C)CC1. The minimum Gasteiger partial charge on any atom is -0.490 e. The molecule has 0 aliphatic heterocycles. The summed E-state index contributed by atoms with van der Waals surface area (Å²) in [4.78, 5) is 24.3. The van der Waals surface area contributed by atoms with Crippen molar-refractivity contribution < 1.29 is 24.5 Å². The molecule has 0 bridgehead atoms. The molecule has 1 heterocycles. The summed E-state index contributed by atoms with van der Waals surface area (Å²) in [7, 11) is 1.69. The van der Waals surface area contributed by atoms with Crippen LogP contribution < -0.4 is 20.3 Å². The number of nitrogens with one attached hydrogen (secondary N) is 1. The number of nitrogens with zero attached hydrogens (tertiary/aromatic N) is 1. The second-order valence-corrected chi connectivity index (χ2v) is 12.7. The lowest BCUT2D eigenvalue weighted by atomic mass is 9.92. The predicted molar refractivity (Wildman–Crippen MR) is 164 cm³/mol. The van der Waals surface area contributed by atoms with Gasteiger partial charge in [0.2, 0.25) is 5.91 Å². The van der Waals surface area contributed by atoms with Gasteiger partial charge in [0.1, 0.15) is 17.2 Å². The summed E-state index contributed by atoms with van der Waals surface area (Å²) >= 11 is 0. The van der Waals surface area contributed by atoms with E-state index in [-0.39, 0.29) is 23.6 Å². The Morgan fingerprint density at radius 1 is 0.881 bits per heavy atom. The Morgan fingerprint density at radius 2 is 1.48 bits per heavy atom. The van der Waals surface area contributed by atoms with Crippen molar-refractivity contribution in [1.82, 2.24) is 9.88 Å². The van der Waals surface area contributed by atoms with Gasteiger partial charge in [-0.25, -0.2) is 0 Å². The summed E-state index contributed by atoms with van der Waals surface area (Å²) in [5, 5.41) is 24.4. The van der Waals surface area contributed by atoms with Gasteiger partial charge in [-0.3, -0.25) is 9.59 Å². The van der Waals surface area contributed by atoms with E-state index in [1.807, 2.05) is 44.2 Å². The van der Waals surface area contributed by atoms with Gasteiger partial charge in [-0.05, 0) is 114 Å². The standard InChI is InChI=1S/C34H44N2O6/c1-20-15-24(34(6,7)40)16-21(2)32(20)42-29-14-9-23(33(4,5)39)17-27(29)28-19-36(8)31(38)18-30(28)41-26-12-10-25(11-13-26)35-22(3)37/h9,14-19,25-26,39-40H,10-13H2,1-8H3,(H,35,37). The average molecular weight is 577 g/mol. The highest BCUT2D eigenvalue weighted by Crippen LogP contribution is 2.42. The van der Waals surface area contributed by atoms with E-state index in [1.54, 1.807) is 40.9 Å². The topological polar surface area (TPSA) is 110 Å². The van der Waals surface area contributed by atoms with Gasteiger partial charge in [0.25, 0.3) is 5.56 Å². The predicted octanol–water partition coefficient (Wildman–Crippen LogP) is 5.74. The highest BCUT2D eigenvalue weighted by atomic mass is 16.5. The zero-order valence-corrected chi connectivity index (χ0v) is 26.0. The number of rotatable bonds is 8. The Bertz CT molecular complexity index is 1500. The lowest BCUT2D eigenvalue weighted by molar-refractivity contribution is -0.120. The molecule has 1 fully saturated rings. The van der Waals surface area contributed by atoms with Gasteiger partial charge in [0.15, 0.2) is 0 Å². The van der Waals surface area contributed by atoms with Crippen molar-refractivity contribution in [3.63, 3.8) is 0 Å². The highest BCUT2D eigenvalue weighted by Gasteiger charge is 2.27. The first-order valence-electron chi connectivity index (χ1n) is 14.6. The molecule has 42 heavy (non-hydrogen) atoms. The van der Waals surface area contributed by atoms with E-state index >= 15 is 0 Å². The van der Waals surface area contributed by atoms with Crippen LogP contribution >= 0.6 is 0 Å². The molecular formula is C34H44N2O6. The van der Waals surface area contributed by atoms with E-state index in [0.29, 0.717) is 33.9 Å². The molecule has 4 rings (SSSR count). The van der Waals surface area contributed by atoms with E-state index in [4.69, 9.17) is 9.47 Å². The number of amides is 1. The maximum Gasteiger partial charge on any atom is 0.254 e. The number of aromatic nitrogens is 1. The van der Waals surface area contributed by atoms with Crippen molar-refractivity contribution in [3.8, 4) is 28.4 Å². The molecule has 0 atom stereocenters. The molecule has 8 nitrogen and oxygen atoms in total. The number of carbonyl (C=O) groups is 1. The smallest absolute Gasteiger partial charge is 0.254 e. The van der Waals surface area contributed by atoms with Crippen molar-refractivity contribution in [2.24, 2.45) is 7.05 Å². The highest BCUT2D eigenvalue weighted by molar-refractivity contribution is 5.77. The molecule has 0 unspecified atom stereocenters. The molecule has 1 amide bonds. The Labute approximate surface area is 248 Å². The number of hydrogen-bond donors (Lipinski definition) is 3. The Hall–Kier alpha value is -3.62. The Morgan fingerprint density at radius 3 is 2.02 bits per heavy atom. The first-order chi connectivity index (χ1) is 19.5. The number of aryl methyl sites for hydroxylation is 3. The zero-order valence-electron chi connectivity index (χ0n) is 26.0. The molecular weight excluding hydrogens is 532 g/mol.